The van der Waals surface area contributed by atoms with E-state index in [-0.39, 0.29) is 4.83 Å². The summed E-state index contributed by atoms with van der Waals surface area (Å²) in [5.41, 5.74) is 2.91. The molecule has 2 aromatic rings. The van der Waals surface area contributed by atoms with Crippen LogP contribution < -0.4 is 0 Å². The molecule has 2 rings (SSSR count). The largest absolute Gasteiger partial charge is 0.220 e. The number of hydrogen-bond donors (Lipinski definition) is 0. The van der Waals surface area contributed by atoms with Crippen molar-refractivity contribution in [1.29, 1.82) is 0 Å². The Labute approximate surface area is 114 Å². The van der Waals surface area contributed by atoms with E-state index in [2.05, 4.69) is 33.2 Å². The first-order valence-corrected chi connectivity index (χ1v) is 6.74. The quantitative estimate of drug-likeness (QED) is 0.799. The second-order valence-corrected chi connectivity index (χ2v) is 5.36. The van der Waals surface area contributed by atoms with E-state index < -0.39 is 0 Å². The normalized spacial score (nSPS) is 12.7. The SMILES string of the molecule is CCC(Br)c1cn(-c2cccc(Cl)c2C)nn1. The summed E-state index contributed by atoms with van der Waals surface area (Å²) in [4.78, 5) is 0.246. The Bertz CT molecular complexity index is 524. The van der Waals surface area contributed by atoms with Crippen LogP contribution in [0.25, 0.3) is 5.69 Å². The van der Waals surface area contributed by atoms with E-state index in [4.69, 9.17) is 11.6 Å². The molecule has 0 aliphatic carbocycles. The van der Waals surface area contributed by atoms with Crippen molar-refractivity contribution >= 4 is 27.5 Å². The molecular weight excluding hydrogens is 302 g/mol. The van der Waals surface area contributed by atoms with Crippen molar-refractivity contribution in [3.63, 3.8) is 0 Å². The van der Waals surface area contributed by atoms with Gasteiger partial charge in [0.1, 0.15) is 0 Å². The fourth-order valence-electron chi connectivity index (χ4n) is 1.59. The van der Waals surface area contributed by atoms with Crippen molar-refractivity contribution in [3.05, 3.63) is 40.7 Å². The lowest BCUT2D eigenvalue weighted by atomic mass is 10.2. The van der Waals surface area contributed by atoms with E-state index in [1.165, 1.54) is 0 Å². The van der Waals surface area contributed by atoms with Crippen LogP contribution >= 0.6 is 27.5 Å². The summed E-state index contributed by atoms with van der Waals surface area (Å²) < 4.78 is 1.76. The number of halogens is 2. The highest BCUT2D eigenvalue weighted by Crippen LogP contribution is 2.26. The molecule has 0 aliphatic rings. The fraction of sp³-hybridized carbons (Fsp3) is 0.333. The van der Waals surface area contributed by atoms with Gasteiger partial charge in [0.15, 0.2) is 0 Å². The van der Waals surface area contributed by atoms with Gasteiger partial charge in [0.2, 0.25) is 0 Å². The van der Waals surface area contributed by atoms with Gasteiger partial charge in [0.05, 0.1) is 22.4 Å². The molecule has 0 bridgehead atoms. The fourth-order valence-corrected chi connectivity index (χ4v) is 1.97. The topological polar surface area (TPSA) is 30.7 Å². The van der Waals surface area contributed by atoms with Crippen molar-refractivity contribution < 1.29 is 0 Å². The summed E-state index contributed by atoms with van der Waals surface area (Å²) in [5.74, 6) is 0. The molecule has 1 aromatic carbocycles. The summed E-state index contributed by atoms with van der Waals surface area (Å²) >= 11 is 9.65. The first-order valence-electron chi connectivity index (χ1n) is 5.45. The zero-order chi connectivity index (χ0) is 12.4. The number of aromatic nitrogens is 3. The number of alkyl halides is 1. The van der Waals surface area contributed by atoms with E-state index in [0.717, 1.165) is 28.4 Å². The second-order valence-electron chi connectivity index (χ2n) is 3.85. The van der Waals surface area contributed by atoms with Crippen LogP contribution in [-0.2, 0) is 0 Å². The minimum absolute atomic E-state index is 0.246. The summed E-state index contributed by atoms with van der Waals surface area (Å²) in [6.07, 6.45) is 2.91. The zero-order valence-electron chi connectivity index (χ0n) is 9.69. The van der Waals surface area contributed by atoms with Gasteiger partial charge in [0.25, 0.3) is 0 Å². The Morgan fingerprint density at radius 3 is 2.94 bits per heavy atom. The van der Waals surface area contributed by atoms with E-state index >= 15 is 0 Å². The van der Waals surface area contributed by atoms with Crippen LogP contribution in [0, 0.1) is 6.92 Å². The van der Waals surface area contributed by atoms with Gasteiger partial charge in [-0.05, 0) is 31.0 Å². The third-order valence-corrected chi connectivity index (χ3v) is 4.20. The zero-order valence-corrected chi connectivity index (χ0v) is 12.0. The van der Waals surface area contributed by atoms with Crippen molar-refractivity contribution in [2.75, 3.05) is 0 Å². The number of nitrogens with zero attached hydrogens (tertiary/aromatic N) is 3. The van der Waals surface area contributed by atoms with Crippen molar-refractivity contribution in [2.24, 2.45) is 0 Å². The highest BCUT2D eigenvalue weighted by Gasteiger charge is 2.12. The lowest BCUT2D eigenvalue weighted by Gasteiger charge is -2.06. The van der Waals surface area contributed by atoms with Gasteiger partial charge in [-0.1, -0.05) is 45.7 Å². The summed E-state index contributed by atoms with van der Waals surface area (Å²) in [7, 11) is 0. The first-order chi connectivity index (χ1) is 8.13. The van der Waals surface area contributed by atoms with Gasteiger partial charge >= 0.3 is 0 Å². The molecule has 0 spiro atoms. The average molecular weight is 315 g/mol. The third-order valence-electron chi connectivity index (χ3n) is 2.68. The molecule has 0 radical (unpaired) electrons. The predicted molar refractivity (Wildman–Crippen MR) is 73.1 cm³/mol. The Kier molecular flexibility index (Phi) is 3.84. The maximum absolute atomic E-state index is 6.09. The van der Waals surface area contributed by atoms with E-state index in [9.17, 15) is 0 Å². The Morgan fingerprint density at radius 2 is 2.24 bits per heavy atom. The molecule has 0 fully saturated rings. The van der Waals surface area contributed by atoms with Gasteiger partial charge in [-0.3, -0.25) is 0 Å². The Morgan fingerprint density at radius 1 is 1.47 bits per heavy atom. The molecule has 0 aliphatic heterocycles. The lowest BCUT2D eigenvalue weighted by Crippen LogP contribution is -1.98. The van der Waals surface area contributed by atoms with Crippen LogP contribution in [-0.4, -0.2) is 15.0 Å². The molecule has 17 heavy (non-hydrogen) atoms. The van der Waals surface area contributed by atoms with Crippen molar-refractivity contribution in [1.82, 2.24) is 15.0 Å². The lowest BCUT2D eigenvalue weighted by molar-refractivity contribution is 0.787. The second kappa shape index (κ2) is 5.19. The number of hydrogen-bond acceptors (Lipinski definition) is 2. The molecule has 1 heterocycles. The van der Waals surface area contributed by atoms with Crippen LogP contribution in [0.15, 0.2) is 24.4 Å². The van der Waals surface area contributed by atoms with Gasteiger partial charge in [-0.2, -0.15) is 0 Å². The summed E-state index contributed by atoms with van der Waals surface area (Å²) in [5, 5.41) is 9.03. The molecule has 0 saturated heterocycles. The monoisotopic (exact) mass is 313 g/mol. The minimum atomic E-state index is 0.246. The Hall–Kier alpha value is -0.870. The average Bonchev–Trinajstić information content (AvgIpc) is 2.81. The molecule has 3 nitrogen and oxygen atoms in total. The van der Waals surface area contributed by atoms with Gasteiger partial charge in [-0.15, -0.1) is 5.10 Å². The minimum Gasteiger partial charge on any atom is -0.220 e. The van der Waals surface area contributed by atoms with Gasteiger partial charge in [-0.25, -0.2) is 4.68 Å². The molecule has 1 unspecified atom stereocenters. The molecule has 0 saturated carbocycles. The number of rotatable bonds is 3. The van der Waals surface area contributed by atoms with E-state index in [1.807, 2.05) is 31.3 Å². The molecule has 90 valence electrons. The molecule has 0 N–H and O–H groups in total. The summed E-state index contributed by atoms with van der Waals surface area (Å²) in [6.45, 7) is 4.08. The molecule has 1 atom stereocenters. The standard InChI is InChI=1S/C12H13BrClN3/c1-3-9(13)11-7-17(16-15-11)12-6-4-5-10(14)8(12)2/h4-7,9H,3H2,1-2H3. The van der Waals surface area contributed by atoms with Gasteiger partial charge < -0.3 is 0 Å². The van der Waals surface area contributed by atoms with Crippen LogP contribution in [0.2, 0.25) is 5.02 Å². The van der Waals surface area contributed by atoms with Crippen molar-refractivity contribution in [3.8, 4) is 5.69 Å². The van der Waals surface area contributed by atoms with E-state index in [1.54, 1.807) is 4.68 Å². The first kappa shape index (κ1) is 12.6. The predicted octanol–water partition coefficient (Wildman–Crippen LogP) is 4.08. The molecule has 5 heteroatoms. The number of benzene rings is 1. The molecule has 1 aromatic heterocycles. The maximum atomic E-state index is 6.09. The maximum Gasteiger partial charge on any atom is 0.0967 e. The van der Waals surface area contributed by atoms with E-state index in [0.29, 0.717) is 0 Å². The Balaban J connectivity index is 2.40. The smallest absolute Gasteiger partial charge is 0.0967 e. The highest BCUT2D eigenvalue weighted by molar-refractivity contribution is 9.09. The van der Waals surface area contributed by atoms with Crippen LogP contribution in [0.3, 0.4) is 0 Å². The third kappa shape index (κ3) is 2.53. The highest BCUT2D eigenvalue weighted by atomic mass is 79.9. The van der Waals surface area contributed by atoms with Crippen molar-refractivity contribution in [2.45, 2.75) is 25.1 Å². The van der Waals surface area contributed by atoms with Gasteiger partial charge in [0, 0.05) is 5.02 Å². The molecular formula is C12H13BrClN3. The van der Waals surface area contributed by atoms with Crippen LogP contribution in [0.4, 0.5) is 0 Å². The summed E-state index contributed by atoms with van der Waals surface area (Å²) in [6, 6.07) is 5.77. The van der Waals surface area contributed by atoms with Crippen LogP contribution in [0.5, 0.6) is 0 Å². The van der Waals surface area contributed by atoms with Crippen LogP contribution in [0.1, 0.15) is 29.4 Å². The molecule has 0 amide bonds.